The first-order chi connectivity index (χ1) is 11.1. The standard InChI is InChI=1S/C17H25N3O4/c1-7-23-15(21)13-12-10-19(16(22)24-17(4,5)6)8-9-20(12)14(18-13)11(2)3/h2,7-10H2,1,3-6H3. The summed E-state index contributed by atoms with van der Waals surface area (Å²) in [5.41, 5.74) is 1.09. The Morgan fingerprint density at radius 1 is 1.29 bits per heavy atom. The van der Waals surface area contributed by atoms with Crippen molar-refractivity contribution in [2.24, 2.45) is 0 Å². The maximum atomic E-state index is 12.3. The number of carbonyl (C=O) groups is 2. The number of hydrogen-bond acceptors (Lipinski definition) is 5. The van der Waals surface area contributed by atoms with Crippen LogP contribution in [0.3, 0.4) is 0 Å². The molecule has 0 radical (unpaired) electrons. The zero-order valence-electron chi connectivity index (χ0n) is 15.0. The van der Waals surface area contributed by atoms with E-state index in [4.69, 9.17) is 9.47 Å². The third kappa shape index (κ3) is 3.77. The second kappa shape index (κ2) is 6.67. The predicted octanol–water partition coefficient (Wildman–Crippen LogP) is 2.84. The maximum Gasteiger partial charge on any atom is 0.410 e. The molecule has 24 heavy (non-hydrogen) atoms. The van der Waals surface area contributed by atoms with Gasteiger partial charge in [-0.25, -0.2) is 14.6 Å². The Balaban J connectivity index is 2.33. The first-order valence-corrected chi connectivity index (χ1v) is 8.04. The molecule has 0 saturated carbocycles. The second-order valence-corrected chi connectivity index (χ2v) is 6.79. The summed E-state index contributed by atoms with van der Waals surface area (Å²) in [6.07, 6.45) is -0.401. The molecule has 1 amide bonds. The van der Waals surface area contributed by atoms with Gasteiger partial charge in [-0.3, -0.25) is 0 Å². The lowest BCUT2D eigenvalue weighted by atomic mass is 10.2. The molecule has 1 aromatic rings. The highest BCUT2D eigenvalue weighted by Gasteiger charge is 2.32. The van der Waals surface area contributed by atoms with E-state index in [9.17, 15) is 9.59 Å². The van der Waals surface area contributed by atoms with E-state index in [0.717, 1.165) is 5.57 Å². The summed E-state index contributed by atoms with van der Waals surface area (Å²) in [6.45, 7) is 14.5. The molecule has 132 valence electrons. The van der Waals surface area contributed by atoms with Crippen LogP contribution in [0.5, 0.6) is 0 Å². The Bertz CT molecular complexity index is 670. The average Bonchev–Trinajstić information content (AvgIpc) is 2.84. The smallest absolute Gasteiger partial charge is 0.410 e. The van der Waals surface area contributed by atoms with Crippen LogP contribution >= 0.6 is 0 Å². The van der Waals surface area contributed by atoms with Crippen molar-refractivity contribution in [2.45, 2.75) is 53.3 Å². The Kier molecular flexibility index (Phi) is 5.01. The maximum absolute atomic E-state index is 12.3. The molecule has 0 bridgehead atoms. The molecular formula is C17H25N3O4. The minimum atomic E-state index is -0.568. The summed E-state index contributed by atoms with van der Waals surface area (Å²) < 4.78 is 12.4. The normalized spacial score (nSPS) is 14.1. The monoisotopic (exact) mass is 335 g/mol. The van der Waals surface area contributed by atoms with E-state index in [1.54, 1.807) is 11.8 Å². The molecule has 2 heterocycles. The Morgan fingerprint density at radius 2 is 1.96 bits per heavy atom. The number of esters is 1. The molecule has 2 rings (SSSR count). The van der Waals surface area contributed by atoms with Crippen molar-refractivity contribution in [3.8, 4) is 0 Å². The van der Waals surface area contributed by atoms with E-state index in [2.05, 4.69) is 11.6 Å². The minimum absolute atomic E-state index is 0.239. The number of fused-ring (bicyclic) bond motifs is 1. The fraction of sp³-hybridized carbons (Fsp3) is 0.588. The molecule has 1 aliphatic heterocycles. The molecule has 0 aromatic carbocycles. The lowest BCUT2D eigenvalue weighted by Gasteiger charge is -2.31. The van der Waals surface area contributed by atoms with Gasteiger partial charge in [-0.2, -0.15) is 0 Å². The van der Waals surface area contributed by atoms with E-state index in [-0.39, 0.29) is 18.8 Å². The number of carbonyl (C=O) groups excluding carboxylic acids is 2. The van der Waals surface area contributed by atoms with Crippen molar-refractivity contribution in [2.75, 3.05) is 13.2 Å². The van der Waals surface area contributed by atoms with E-state index >= 15 is 0 Å². The highest BCUT2D eigenvalue weighted by Crippen LogP contribution is 2.24. The van der Waals surface area contributed by atoms with Gasteiger partial charge < -0.3 is 18.9 Å². The molecule has 1 aromatic heterocycles. The van der Waals surface area contributed by atoms with E-state index < -0.39 is 17.7 Å². The summed E-state index contributed by atoms with van der Waals surface area (Å²) in [5.74, 6) is 0.164. The Hall–Kier alpha value is -2.31. The third-order valence-electron chi connectivity index (χ3n) is 3.51. The lowest BCUT2D eigenvalue weighted by molar-refractivity contribution is 0.0194. The first-order valence-electron chi connectivity index (χ1n) is 8.04. The summed E-state index contributed by atoms with van der Waals surface area (Å²) >= 11 is 0. The molecule has 0 fully saturated rings. The largest absolute Gasteiger partial charge is 0.461 e. The number of ether oxygens (including phenoxy) is 2. The van der Waals surface area contributed by atoms with E-state index in [0.29, 0.717) is 24.6 Å². The topological polar surface area (TPSA) is 73.7 Å². The number of imidazole rings is 1. The predicted molar refractivity (Wildman–Crippen MR) is 89.5 cm³/mol. The number of allylic oxidation sites excluding steroid dienone is 1. The van der Waals surface area contributed by atoms with Crippen molar-refractivity contribution in [1.29, 1.82) is 0 Å². The Morgan fingerprint density at radius 3 is 2.50 bits per heavy atom. The molecule has 0 atom stereocenters. The molecule has 0 unspecified atom stereocenters. The van der Waals surface area contributed by atoms with Crippen LogP contribution in [0.4, 0.5) is 4.79 Å². The van der Waals surface area contributed by atoms with Crippen LogP contribution in [-0.4, -0.2) is 45.3 Å². The zero-order chi connectivity index (χ0) is 18.1. The third-order valence-corrected chi connectivity index (χ3v) is 3.51. The Labute approximate surface area is 142 Å². The van der Waals surface area contributed by atoms with Crippen LogP contribution in [-0.2, 0) is 22.6 Å². The van der Waals surface area contributed by atoms with Crippen LogP contribution in [0.15, 0.2) is 6.58 Å². The molecule has 7 nitrogen and oxygen atoms in total. The first kappa shape index (κ1) is 18.0. The summed E-state index contributed by atoms with van der Waals surface area (Å²) in [5, 5.41) is 0. The minimum Gasteiger partial charge on any atom is -0.461 e. The highest BCUT2D eigenvalue weighted by molar-refractivity contribution is 5.89. The zero-order valence-corrected chi connectivity index (χ0v) is 15.0. The molecule has 0 aliphatic carbocycles. The number of amides is 1. The van der Waals surface area contributed by atoms with Crippen molar-refractivity contribution in [1.82, 2.24) is 14.5 Å². The number of aromatic nitrogens is 2. The van der Waals surface area contributed by atoms with Gasteiger partial charge in [0.25, 0.3) is 0 Å². The number of rotatable bonds is 3. The lowest BCUT2D eigenvalue weighted by Crippen LogP contribution is -2.42. The summed E-state index contributed by atoms with van der Waals surface area (Å²) in [6, 6.07) is 0. The van der Waals surface area contributed by atoms with Gasteiger partial charge in [-0.05, 0) is 40.2 Å². The van der Waals surface area contributed by atoms with Gasteiger partial charge in [0.1, 0.15) is 11.4 Å². The SMILES string of the molecule is C=C(C)c1nc(C(=O)OCC)c2n1CCN(C(=O)OC(C)(C)C)C2. The van der Waals surface area contributed by atoms with Gasteiger partial charge in [0, 0.05) is 13.1 Å². The van der Waals surface area contributed by atoms with Crippen molar-refractivity contribution in [3.05, 3.63) is 23.8 Å². The molecule has 0 saturated heterocycles. The number of hydrogen-bond donors (Lipinski definition) is 0. The van der Waals surface area contributed by atoms with Gasteiger partial charge in [0.2, 0.25) is 0 Å². The van der Waals surface area contributed by atoms with Crippen LogP contribution < -0.4 is 0 Å². The molecule has 0 N–H and O–H groups in total. The summed E-state index contributed by atoms with van der Waals surface area (Å²) in [7, 11) is 0. The number of nitrogens with zero attached hydrogens (tertiary/aromatic N) is 3. The van der Waals surface area contributed by atoms with Crippen LogP contribution in [0.2, 0.25) is 0 Å². The quantitative estimate of drug-likeness (QED) is 0.794. The molecule has 7 heteroatoms. The van der Waals surface area contributed by atoms with Gasteiger partial charge in [-0.1, -0.05) is 6.58 Å². The summed E-state index contributed by atoms with van der Waals surface area (Å²) in [4.78, 5) is 30.5. The van der Waals surface area contributed by atoms with E-state index in [1.165, 1.54) is 0 Å². The van der Waals surface area contributed by atoms with Gasteiger partial charge >= 0.3 is 12.1 Å². The average molecular weight is 335 g/mol. The van der Waals surface area contributed by atoms with Crippen LogP contribution in [0, 0.1) is 0 Å². The van der Waals surface area contributed by atoms with Gasteiger partial charge in [-0.15, -0.1) is 0 Å². The van der Waals surface area contributed by atoms with Gasteiger partial charge in [0.15, 0.2) is 5.69 Å². The fourth-order valence-corrected chi connectivity index (χ4v) is 2.54. The van der Waals surface area contributed by atoms with Crippen molar-refractivity contribution in [3.63, 3.8) is 0 Å². The molecule has 0 spiro atoms. The van der Waals surface area contributed by atoms with Crippen LogP contribution in [0.25, 0.3) is 5.57 Å². The van der Waals surface area contributed by atoms with Crippen LogP contribution in [0.1, 0.15) is 56.6 Å². The fourth-order valence-electron chi connectivity index (χ4n) is 2.54. The van der Waals surface area contributed by atoms with Gasteiger partial charge in [0.05, 0.1) is 18.8 Å². The molecular weight excluding hydrogens is 310 g/mol. The van der Waals surface area contributed by atoms with Crippen molar-refractivity contribution < 1.29 is 19.1 Å². The highest BCUT2D eigenvalue weighted by atomic mass is 16.6. The van der Waals surface area contributed by atoms with Crippen molar-refractivity contribution >= 4 is 17.6 Å². The van der Waals surface area contributed by atoms with E-state index in [1.807, 2.05) is 32.3 Å². The second-order valence-electron chi connectivity index (χ2n) is 6.79. The molecule has 1 aliphatic rings.